The molecule has 0 amide bonds. The van der Waals surface area contributed by atoms with Crippen molar-refractivity contribution in [2.24, 2.45) is 0 Å². The molecule has 0 bridgehead atoms. The molecule has 0 unspecified atom stereocenters. The largest absolute Gasteiger partial charge is 0.341 e. The van der Waals surface area contributed by atoms with Crippen LogP contribution in [0.25, 0.3) is 23.2 Å². The molecule has 0 N–H and O–H groups in total. The van der Waals surface area contributed by atoms with E-state index in [1.807, 2.05) is 10.8 Å². The molecule has 5 heterocycles. The van der Waals surface area contributed by atoms with Crippen LogP contribution in [0.15, 0.2) is 43.2 Å². The molecule has 4 aromatic rings. The Balaban J connectivity index is 1.50. The molecule has 162 valence electrons. The summed E-state index contributed by atoms with van der Waals surface area (Å²) in [6.07, 6.45) is 13.8. The van der Waals surface area contributed by atoms with Crippen LogP contribution in [0.1, 0.15) is 50.9 Å². The van der Waals surface area contributed by atoms with E-state index in [4.69, 9.17) is 4.98 Å². The zero-order valence-electron chi connectivity index (χ0n) is 17.6. The van der Waals surface area contributed by atoms with Gasteiger partial charge in [0.15, 0.2) is 17.5 Å². The van der Waals surface area contributed by atoms with Crippen LogP contribution in [-0.2, 0) is 0 Å². The van der Waals surface area contributed by atoms with Gasteiger partial charge in [-0.3, -0.25) is 9.13 Å². The average molecular weight is 431 g/mol. The molecule has 1 fully saturated rings. The summed E-state index contributed by atoms with van der Waals surface area (Å²) in [4.78, 5) is 20.7. The summed E-state index contributed by atoms with van der Waals surface area (Å²) >= 11 is 0. The lowest BCUT2D eigenvalue weighted by atomic mass is 10.0. The minimum Gasteiger partial charge on any atom is -0.341 e. The molecule has 0 radical (unpaired) electrons. The van der Waals surface area contributed by atoms with Crippen molar-refractivity contribution in [1.82, 2.24) is 39.3 Å². The number of fused-ring (bicyclic) bond motifs is 3. The summed E-state index contributed by atoms with van der Waals surface area (Å²) in [7, 11) is 0. The zero-order chi connectivity index (χ0) is 21.7. The molecular formula is C22H22FN9. The van der Waals surface area contributed by atoms with Crippen LogP contribution < -0.4 is 4.90 Å². The molecular weight excluding hydrogens is 409 g/mol. The van der Waals surface area contributed by atoms with Crippen LogP contribution in [0.3, 0.4) is 0 Å². The highest BCUT2D eigenvalue weighted by Crippen LogP contribution is 2.42. The highest BCUT2D eigenvalue weighted by Gasteiger charge is 2.38. The molecule has 32 heavy (non-hydrogen) atoms. The van der Waals surface area contributed by atoms with Crippen molar-refractivity contribution in [2.45, 2.75) is 51.1 Å². The molecule has 4 aromatic heterocycles. The Morgan fingerprint density at radius 3 is 2.72 bits per heavy atom. The van der Waals surface area contributed by atoms with Crippen LogP contribution in [0.5, 0.6) is 0 Å². The van der Waals surface area contributed by atoms with Crippen molar-refractivity contribution in [3.8, 4) is 23.2 Å². The lowest BCUT2D eigenvalue weighted by Gasteiger charge is -2.40. The molecule has 1 aliphatic carbocycles. The normalized spacial score (nSPS) is 18.1. The lowest BCUT2D eigenvalue weighted by Crippen LogP contribution is -2.42. The minimum absolute atomic E-state index is 0.108. The van der Waals surface area contributed by atoms with Gasteiger partial charge in [0.1, 0.15) is 23.5 Å². The smallest absolute Gasteiger partial charge is 0.237 e. The van der Waals surface area contributed by atoms with Crippen LogP contribution in [0.4, 0.5) is 10.2 Å². The number of imidazole rings is 1. The maximum Gasteiger partial charge on any atom is 0.237 e. The summed E-state index contributed by atoms with van der Waals surface area (Å²) in [6, 6.07) is 3.49. The monoisotopic (exact) mass is 431 g/mol. The van der Waals surface area contributed by atoms with E-state index in [1.54, 1.807) is 29.4 Å². The van der Waals surface area contributed by atoms with E-state index in [-0.39, 0.29) is 11.9 Å². The molecule has 0 aromatic carbocycles. The molecule has 9 nitrogen and oxygen atoms in total. The summed E-state index contributed by atoms with van der Waals surface area (Å²) in [5, 5.41) is 8.60. The Morgan fingerprint density at radius 1 is 1.06 bits per heavy atom. The molecule has 2 aliphatic rings. The predicted octanol–water partition coefficient (Wildman–Crippen LogP) is 3.66. The quantitative estimate of drug-likeness (QED) is 0.487. The van der Waals surface area contributed by atoms with E-state index in [2.05, 4.69) is 37.0 Å². The Kier molecular flexibility index (Phi) is 4.44. The van der Waals surface area contributed by atoms with Gasteiger partial charge in [0.05, 0.1) is 18.4 Å². The van der Waals surface area contributed by atoms with Crippen LogP contribution in [-0.4, -0.2) is 45.3 Å². The third-order valence-corrected chi connectivity index (χ3v) is 6.37. The first kappa shape index (κ1) is 19.0. The van der Waals surface area contributed by atoms with E-state index >= 15 is 0 Å². The van der Waals surface area contributed by atoms with Gasteiger partial charge in [0, 0.05) is 18.4 Å². The molecule has 10 heteroatoms. The van der Waals surface area contributed by atoms with Crippen LogP contribution in [0.2, 0.25) is 0 Å². The lowest BCUT2D eigenvalue weighted by molar-refractivity contribution is 0.468. The predicted molar refractivity (Wildman–Crippen MR) is 115 cm³/mol. The first-order chi connectivity index (χ1) is 15.7. The highest BCUT2D eigenvalue weighted by atomic mass is 19.1. The van der Waals surface area contributed by atoms with E-state index < -0.39 is 0 Å². The van der Waals surface area contributed by atoms with Crippen molar-refractivity contribution >= 4 is 5.82 Å². The van der Waals surface area contributed by atoms with Gasteiger partial charge in [-0.05, 0) is 31.4 Å². The third kappa shape index (κ3) is 2.89. The van der Waals surface area contributed by atoms with Gasteiger partial charge in [0.25, 0.3) is 0 Å². The molecule has 6 rings (SSSR count). The number of aromatic nitrogens is 8. The number of hydrogen-bond donors (Lipinski definition) is 0. The number of nitrogens with zero attached hydrogens (tertiary/aromatic N) is 9. The van der Waals surface area contributed by atoms with Crippen LogP contribution >= 0.6 is 0 Å². The summed E-state index contributed by atoms with van der Waals surface area (Å²) in [6.45, 7) is 2.17. The second-order valence-corrected chi connectivity index (χ2v) is 8.19. The molecule has 0 saturated heterocycles. The Bertz CT molecular complexity index is 1260. The third-order valence-electron chi connectivity index (χ3n) is 6.37. The molecule has 1 aliphatic heterocycles. The number of halogens is 1. The minimum atomic E-state index is -0.389. The van der Waals surface area contributed by atoms with Crippen molar-refractivity contribution in [3.63, 3.8) is 0 Å². The Labute approximate surface area is 184 Å². The standard InChI is InChI=1S/C22H22FN9/c1-2-17-21-29-27-13-31(21)18-12-26-22(28-20(18)32(17)15-5-3-4-6-15)30-10-9-24-19(30)16-8-7-14(23)11-25-16/h7-13,15,17H,2-6H2,1H3/t17-/m1/s1. The van der Waals surface area contributed by atoms with Gasteiger partial charge in [0.2, 0.25) is 5.95 Å². The average Bonchev–Trinajstić information content (AvgIpc) is 3.60. The van der Waals surface area contributed by atoms with Gasteiger partial charge in [-0.25, -0.2) is 19.3 Å². The highest BCUT2D eigenvalue weighted by molar-refractivity contribution is 5.63. The van der Waals surface area contributed by atoms with E-state index in [0.29, 0.717) is 23.5 Å². The molecule has 1 atom stereocenters. The fourth-order valence-electron chi connectivity index (χ4n) is 4.91. The fourth-order valence-corrected chi connectivity index (χ4v) is 4.91. The zero-order valence-corrected chi connectivity index (χ0v) is 17.6. The second-order valence-electron chi connectivity index (χ2n) is 8.19. The van der Waals surface area contributed by atoms with Crippen molar-refractivity contribution < 1.29 is 4.39 Å². The van der Waals surface area contributed by atoms with Gasteiger partial charge in [-0.1, -0.05) is 19.8 Å². The van der Waals surface area contributed by atoms with Gasteiger partial charge < -0.3 is 4.90 Å². The SMILES string of the molecule is CC[C@@H]1c2nncn2-c2cnc(-n3ccnc3-c3ccc(F)cn3)nc2N1C1CCCC1. The van der Waals surface area contributed by atoms with E-state index in [1.165, 1.54) is 25.1 Å². The molecule has 0 spiro atoms. The number of anilines is 1. The Hall–Kier alpha value is -3.69. The Morgan fingerprint density at radius 2 is 1.94 bits per heavy atom. The fraction of sp³-hybridized carbons (Fsp3) is 0.364. The van der Waals surface area contributed by atoms with Gasteiger partial charge in [-0.2, -0.15) is 4.98 Å². The van der Waals surface area contributed by atoms with E-state index in [0.717, 1.165) is 36.6 Å². The van der Waals surface area contributed by atoms with Crippen molar-refractivity contribution in [2.75, 3.05) is 4.90 Å². The van der Waals surface area contributed by atoms with Crippen molar-refractivity contribution in [3.05, 3.63) is 54.9 Å². The summed E-state index contributed by atoms with van der Waals surface area (Å²) in [5.74, 6) is 2.48. The maximum absolute atomic E-state index is 13.4. The number of rotatable bonds is 4. The maximum atomic E-state index is 13.4. The number of hydrogen-bond acceptors (Lipinski definition) is 7. The van der Waals surface area contributed by atoms with Gasteiger partial charge >= 0.3 is 0 Å². The second kappa shape index (κ2) is 7.47. The van der Waals surface area contributed by atoms with Gasteiger partial charge in [-0.15, -0.1) is 10.2 Å². The number of pyridine rings is 1. The molecule has 1 saturated carbocycles. The first-order valence-corrected chi connectivity index (χ1v) is 11.0. The van der Waals surface area contributed by atoms with E-state index in [9.17, 15) is 4.39 Å². The summed E-state index contributed by atoms with van der Waals surface area (Å²) in [5.41, 5.74) is 1.44. The van der Waals surface area contributed by atoms with Crippen molar-refractivity contribution in [1.29, 1.82) is 0 Å². The first-order valence-electron chi connectivity index (χ1n) is 11.0. The van der Waals surface area contributed by atoms with Crippen LogP contribution in [0, 0.1) is 5.82 Å². The summed E-state index contributed by atoms with van der Waals surface area (Å²) < 4.78 is 17.1. The topological polar surface area (TPSA) is 90.4 Å².